The van der Waals surface area contributed by atoms with Crippen molar-refractivity contribution in [3.05, 3.63) is 35.1 Å². The van der Waals surface area contributed by atoms with E-state index in [1.807, 2.05) is 6.26 Å². The summed E-state index contributed by atoms with van der Waals surface area (Å²) in [5, 5.41) is 4.79. The van der Waals surface area contributed by atoms with E-state index in [0.29, 0.717) is 11.8 Å². The van der Waals surface area contributed by atoms with Gasteiger partial charge in [-0.3, -0.25) is 0 Å². The second-order valence-electron chi connectivity index (χ2n) is 6.12. The molecule has 2 nitrogen and oxygen atoms in total. The fourth-order valence-corrected chi connectivity index (χ4v) is 2.49. The summed E-state index contributed by atoms with van der Waals surface area (Å²) < 4.78 is 5.84. The second kappa shape index (κ2) is 5.79. The summed E-state index contributed by atoms with van der Waals surface area (Å²) in [7, 11) is 0. The average molecular weight is 259 g/mol. The Morgan fingerprint density at radius 3 is 2.53 bits per heavy atom. The molecule has 2 aromatic rings. The molecule has 1 aromatic carbocycles. The molecule has 0 fully saturated rings. The van der Waals surface area contributed by atoms with Crippen LogP contribution in [0.4, 0.5) is 0 Å². The first kappa shape index (κ1) is 14.1. The van der Waals surface area contributed by atoms with Crippen LogP contribution in [0.5, 0.6) is 0 Å². The Morgan fingerprint density at radius 2 is 1.89 bits per heavy atom. The molecule has 1 heterocycles. The second-order valence-corrected chi connectivity index (χ2v) is 6.12. The maximum Gasteiger partial charge on any atom is 0.137 e. The molecule has 0 amide bonds. The molecular weight excluding hydrogens is 234 g/mol. The predicted octanol–water partition coefficient (Wildman–Crippen LogP) is 4.61. The van der Waals surface area contributed by atoms with Crippen molar-refractivity contribution in [2.45, 2.75) is 47.1 Å². The molecule has 19 heavy (non-hydrogen) atoms. The summed E-state index contributed by atoms with van der Waals surface area (Å²) >= 11 is 0. The minimum absolute atomic E-state index is 0.491. The molecule has 2 heteroatoms. The van der Waals surface area contributed by atoms with Gasteiger partial charge in [-0.2, -0.15) is 0 Å². The third kappa shape index (κ3) is 3.01. The third-order valence-corrected chi connectivity index (χ3v) is 3.53. The van der Waals surface area contributed by atoms with Crippen LogP contribution < -0.4 is 5.32 Å². The molecule has 0 saturated heterocycles. The number of aryl methyl sites for hydroxylation is 1. The molecule has 1 N–H and O–H groups in total. The zero-order chi connectivity index (χ0) is 14.0. The third-order valence-electron chi connectivity index (χ3n) is 3.53. The van der Waals surface area contributed by atoms with Gasteiger partial charge in [0.1, 0.15) is 5.58 Å². The minimum Gasteiger partial charge on any atom is -0.464 e. The molecule has 0 aliphatic heterocycles. The van der Waals surface area contributed by atoms with E-state index in [9.17, 15) is 0 Å². The van der Waals surface area contributed by atoms with E-state index < -0.39 is 0 Å². The largest absolute Gasteiger partial charge is 0.464 e. The molecule has 1 aromatic heterocycles. The zero-order valence-electron chi connectivity index (χ0n) is 12.7. The van der Waals surface area contributed by atoms with Gasteiger partial charge in [0.2, 0.25) is 0 Å². The van der Waals surface area contributed by atoms with Gasteiger partial charge in [-0.15, -0.1) is 0 Å². The van der Waals surface area contributed by atoms with Gasteiger partial charge >= 0.3 is 0 Å². The highest BCUT2D eigenvalue weighted by Crippen LogP contribution is 2.31. The van der Waals surface area contributed by atoms with Crippen molar-refractivity contribution in [2.24, 2.45) is 5.92 Å². The number of furan rings is 1. The predicted molar refractivity (Wildman–Crippen MR) is 81.6 cm³/mol. The number of nitrogens with one attached hydrogen (secondary N) is 1. The van der Waals surface area contributed by atoms with Crippen LogP contribution in [-0.2, 0) is 6.54 Å². The SMILES string of the molecule is Cc1ccc(C(C)C)c2occ(CNCC(C)C)c12. The zero-order valence-corrected chi connectivity index (χ0v) is 12.7. The van der Waals surface area contributed by atoms with E-state index in [2.05, 4.69) is 52.1 Å². The Morgan fingerprint density at radius 1 is 1.16 bits per heavy atom. The van der Waals surface area contributed by atoms with Gasteiger partial charge in [-0.25, -0.2) is 0 Å². The van der Waals surface area contributed by atoms with Gasteiger partial charge in [0, 0.05) is 17.5 Å². The molecule has 0 spiro atoms. The molecular formula is C17H25NO. The van der Waals surface area contributed by atoms with Crippen molar-refractivity contribution in [2.75, 3.05) is 6.54 Å². The van der Waals surface area contributed by atoms with E-state index >= 15 is 0 Å². The van der Waals surface area contributed by atoms with E-state index in [0.717, 1.165) is 18.7 Å². The summed E-state index contributed by atoms with van der Waals surface area (Å²) in [5.74, 6) is 1.16. The maximum atomic E-state index is 5.84. The highest BCUT2D eigenvalue weighted by molar-refractivity contribution is 5.87. The van der Waals surface area contributed by atoms with E-state index in [1.165, 1.54) is 22.1 Å². The Kier molecular flexibility index (Phi) is 4.31. The van der Waals surface area contributed by atoms with Gasteiger partial charge < -0.3 is 9.73 Å². The van der Waals surface area contributed by atoms with Crippen molar-refractivity contribution in [1.29, 1.82) is 0 Å². The van der Waals surface area contributed by atoms with Gasteiger partial charge in [-0.1, -0.05) is 39.8 Å². The summed E-state index contributed by atoms with van der Waals surface area (Å²) in [5.41, 5.74) is 4.94. The normalized spacial score (nSPS) is 11.9. The molecule has 0 aliphatic carbocycles. The summed E-state index contributed by atoms with van der Waals surface area (Å²) in [6.07, 6.45) is 1.91. The summed E-state index contributed by atoms with van der Waals surface area (Å²) in [6.45, 7) is 13.0. The highest BCUT2D eigenvalue weighted by Gasteiger charge is 2.14. The number of hydrogen-bond donors (Lipinski definition) is 1. The molecule has 104 valence electrons. The van der Waals surface area contributed by atoms with E-state index in [1.54, 1.807) is 0 Å². The van der Waals surface area contributed by atoms with Crippen LogP contribution >= 0.6 is 0 Å². The highest BCUT2D eigenvalue weighted by atomic mass is 16.3. The Labute approximate surface area is 116 Å². The van der Waals surface area contributed by atoms with Crippen LogP contribution in [0.25, 0.3) is 11.0 Å². The van der Waals surface area contributed by atoms with Crippen molar-refractivity contribution >= 4 is 11.0 Å². The molecule has 0 bridgehead atoms. The lowest BCUT2D eigenvalue weighted by Crippen LogP contribution is -2.18. The van der Waals surface area contributed by atoms with E-state index in [4.69, 9.17) is 4.42 Å². The first-order valence-corrected chi connectivity index (χ1v) is 7.21. The van der Waals surface area contributed by atoms with Crippen LogP contribution in [-0.4, -0.2) is 6.54 Å². The lowest BCUT2D eigenvalue weighted by molar-refractivity contribution is 0.546. The first-order valence-electron chi connectivity index (χ1n) is 7.21. The number of benzene rings is 1. The lowest BCUT2D eigenvalue weighted by Gasteiger charge is -2.09. The van der Waals surface area contributed by atoms with Crippen molar-refractivity contribution in [3.63, 3.8) is 0 Å². The maximum absolute atomic E-state index is 5.84. The smallest absolute Gasteiger partial charge is 0.137 e. The number of rotatable bonds is 5. The minimum atomic E-state index is 0.491. The van der Waals surface area contributed by atoms with Crippen LogP contribution in [0, 0.1) is 12.8 Å². The standard InChI is InChI=1S/C17H25NO/c1-11(2)8-18-9-14-10-19-17-15(12(3)4)7-6-13(5)16(14)17/h6-7,10-12,18H,8-9H2,1-5H3. The summed E-state index contributed by atoms with van der Waals surface area (Å²) in [4.78, 5) is 0. The lowest BCUT2D eigenvalue weighted by atomic mass is 9.97. The molecule has 2 rings (SSSR count). The molecule has 0 atom stereocenters. The van der Waals surface area contributed by atoms with Crippen LogP contribution in [0.15, 0.2) is 22.8 Å². The quantitative estimate of drug-likeness (QED) is 0.848. The Balaban J connectivity index is 2.33. The Bertz CT molecular complexity index is 552. The fraction of sp³-hybridized carbons (Fsp3) is 0.529. The molecule has 0 radical (unpaired) electrons. The van der Waals surface area contributed by atoms with Crippen LogP contribution in [0.1, 0.15) is 50.3 Å². The first-order chi connectivity index (χ1) is 9.00. The number of fused-ring (bicyclic) bond motifs is 1. The fourth-order valence-electron chi connectivity index (χ4n) is 2.49. The monoisotopic (exact) mass is 259 g/mol. The average Bonchev–Trinajstić information content (AvgIpc) is 2.73. The number of hydrogen-bond acceptors (Lipinski definition) is 2. The van der Waals surface area contributed by atoms with Crippen molar-refractivity contribution in [3.8, 4) is 0 Å². The Hall–Kier alpha value is -1.28. The van der Waals surface area contributed by atoms with Crippen molar-refractivity contribution < 1.29 is 4.42 Å². The molecule has 0 aliphatic rings. The topological polar surface area (TPSA) is 25.2 Å². The molecule has 0 unspecified atom stereocenters. The van der Waals surface area contributed by atoms with Gasteiger partial charge in [0.15, 0.2) is 0 Å². The summed E-state index contributed by atoms with van der Waals surface area (Å²) in [6, 6.07) is 4.40. The molecule has 0 saturated carbocycles. The van der Waals surface area contributed by atoms with Crippen LogP contribution in [0.2, 0.25) is 0 Å². The van der Waals surface area contributed by atoms with Crippen LogP contribution in [0.3, 0.4) is 0 Å². The van der Waals surface area contributed by atoms with Gasteiger partial charge in [0.25, 0.3) is 0 Å². The van der Waals surface area contributed by atoms with E-state index in [-0.39, 0.29) is 0 Å². The van der Waals surface area contributed by atoms with Crippen molar-refractivity contribution in [1.82, 2.24) is 5.32 Å². The van der Waals surface area contributed by atoms with Gasteiger partial charge in [0.05, 0.1) is 6.26 Å². The van der Waals surface area contributed by atoms with Gasteiger partial charge in [-0.05, 0) is 36.4 Å².